The Labute approximate surface area is 182 Å². The third kappa shape index (κ3) is 4.46. The number of hydrogen-bond acceptors (Lipinski definition) is 6. The Hall–Kier alpha value is -3.37. The average Bonchev–Trinajstić information content (AvgIpc) is 3.32. The topological polar surface area (TPSA) is 82.8 Å². The van der Waals surface area contributed by atoms with Crippen molar-refractivity contribution in [2.24, 2.45) is 0 Å². The van der Waals surface area contributed by atoms with Crippen LogP contribution in [0.3, 0.4) is 0 Å². The number of alkyl halides is 3. The highest BCUT2D eigenvalue weighted by Gasteiger charge is 2.31. The summed E-state index contributed by atoms with van der Waals surface area (Å²) in [6, 6.07) is 6.90. The Morgan fingerprint density at radius 2 is 1.66 bits per heavy atom. The first-order valence-electron chi connectivity index (χ1n) is 10.3. The van der Waals surface area contributed by atoms with Crippen LogP contribution in [0.2, 0.25) is 0 Å². The number of carbonyl (C=O) groups excluding carboxylic acids is 1. The van der Waals surface area contributed by atoms with Crippen LogP contribution >= 0.6 is 0 Å². The molecule has 32 heavy (non-hydrogen) atoms. The highest BCUT2D eigenvalue weighted by atomic mass is 19.4. The number of nitro groups is 1. The van der Waals surface area contributed by atoms with Crippen molar-refractivity contribution in [3.05, 3.63) is 57.8 Å². The Morgan fingerprint density at radius 3 is 2.22 bits per heavy atom. The molecule has 2 fully saturated rings. The number of hydrogen-bond donors (Lipinski definition) is 0. The Bertz CT molecular complexity index is 999. The summed E-state index contributed by atoms with van der Waals surface area (Å²) in [6.07, 6.45) is -1.68. The van der Waals surface area contributed by atoms with Crippen LogP contribution in [0.4, 0.5) is 30.4 Å². The van der Waals surface area contributed by atoms with Crippen molar-refractivity contribution in [3.8, 4) is 0 Å². The van der Waals surface area contributed by atoms with Gasteiger partial charge in [-0.3, -0.25) is 14.9 Å². The van der Waals surface area contributed by atoms with Crippen LogP contribution in [-0.4, -0.2) is 60.0 Å². The van der Waals surface area contributed by atoms with Crippen molar-refractivity contribution in [1.29, 1.82) is 0 Å². The van der Waals surface area contributed by atoms with Gasteiger partial charge < -0.3 is 14.7 Å². The summed E-state index contributed by atoms with van der Waals surface area (Å²) in [5, 5.41) is 11.6. The van der Waals surface area contributed by atoms with E-state index in [2.05, 4.69) is 4.98 Å². The molecule has 0 unspecified atom stereocenters. The smallest absolute Gasteiger partial charge is 0.366 e. The SMILES string of the molecule is O=C(c1ccc(N2CCCC2)c([N+](=O)[O-])c1)N1CCN(c2ccc(C(F)(F)F)cn2)CC1. The summed E-state index contributed by atoms with van der Waals surface area (Å²) in [5.41, 5.74) is -0.109. The van der Waals surface area contributed by atoms with Crippen LogP contribution in [0.5, 0.6) is 0 Å². The number of carbonyl (C=O) groups is 1. The van der Waals surface area contributed by atoms with Gasteiger partial charge in [-0.1, -0.05) is 0 Å². The molecule has 2 aliphatic heterocycles. The van der Waals surface area contributed by atoms with Gasteiger partial charge in [0, 0.05) is 57.1 Å². The Kier molecular flexibility index (Phi) is 5.90. The summed E-state index contributed by atoms with van der Waals surface area (Å²) < 4.78 is 38.1. The lowest BCUT2D eigenvalue weighted by Crippen LogP contribution is -2.49. The number of halogens is 3. The van der Waals surface area contributed by atoms with Gasteiger partial charge in [0.25, 0.3) is 11.6 Å². The molecule has 4 rings (SSSR count). The predicted molar refractivity (Wildman–Crippen MR) is 112 cm³/mol. The monoisotopic (exact) mass is 449 g/mol. The van der Waals surface area contributed by atoms with Crippen LogP contribution in [0.1, 0.15) is 28.8 Å². The van der Waals surface area contributed by atoms with Gasteiger partial charge in [-0.2, -0.15) is 13.2 Å². The molecule has 3 heterocycles. The summed E-state index contributed by atoms with van der Waals surface area (Å²) in [5.74, 6) is 0.108. The minimum Gasteiger partial charge on any atom is -0.366 e. The van der Waals surface area contributed by atoms with Crippen molar-refractivity contribution in [2.75, 3.05) is 49.1 Å². The lowest BCUT2D eigenvalue weighted by molar-refractivity contribution is -0.384. The van der Waals surface area contributed by atoms with Crippen molar-refractivity contribution in [3.63, 3.8) is 0 Å². The number of anilines is 2. The van der Waals surface area contributed by atoms with Gasteiger partial charge in [0.1, 0.15) is 11.5 Å². The number of amides is 1. The molecule has 0 spiro atoms. The van der Waals surface area contributed by atoms with E-state index >= 15 is 0 Å². The number of benzene rings is 1. The molecule has 0 atom stereocenters. The average molecular weight is 449 g/mol. The van der Waals surface area contributed by atoms with E-state index in [9.17, 15) is 28.1 Å². The highest BCUT2D eigenvalue weighted by Crippen LogP contribution is 2.32. The van der Waals surface area contributed by atoms with Crippen molar-refractivity contribution >= 4 is 23.1 Å². The van der Waals surface area contributed by atoms with Crippen LogP contribution < -0.4 is 9.80 Å². The molecule has 11 heteroatoms. The molecule has 8 nitrogen and oxygen atoms in total. The lowest BCUT2D eigenvalue weighted by Gasteiger charge is -2.35. The number of pyridine rings is 1. The number of nitrogens with zero attached hydrogens (tertiary/aromatic N) is 5. The van der Waals surface area contributed by atoms with Crippen LogP contribution in [0.15, 0.2) is 36.5 Å². The largest absolute Gasteiger partial charge is 0.417 e. The molecule has 170 valence electrons. The minimum absolute atomic E-state index is 0.0784. The van der Waals surface area contributed by atoms with E-state index in [4.69, 9.17) is 0 Å². The third-order valence-corrected chi connectivity index (χ3v) is 5.83. The molecule has 2 aromatic rings. The molecule has 2 saturated heterocycles. The third-order valence-electron chi connectivity index (χ3n) is 5.83. The van der Waals surface area contributed by atoms with Gasteiger partial charge in [-0.25, -0.2) is 4.98 Å². The van der Waals surface area contributed by atoms with Crippen LogP contribution in [-0.2, 0) is 6.18 Å². The number of nitro benzene ring substituents is 1. The van der Waals surface area contributed by atoms with E-state index in [1.54, 1.807) is 17.0 Å². The van der Waals surface area contributed by atoms with E-state index in [0.29, 0.717) is 37.7 Å². The first-order valence-corrected chi connectivity index (χ1v) is 10.3. The van der Waals surface area contributed by atoms with Gasteiger partial charge in [0.15, 0.2) is 0 Å². The summed E-state index contributed by atoms with van der Waals surface area (Å²) in [6.45, 7) is 2.99. The van der Waals surface area contributed by atoms with Crippen molar-refractivity contribution in [2.45, 2.75) is 19.0 Å². The molecular weight excluding hydrogens is 427 g/mol. The molecule has 2 aliphatic rings. The van der Waals surface area contributed by atoms with Crippen LogP contribution in [0, 0.1) is 10.1 Å². The lowest BCUT2D eigenvalue weighted by atomic mass is 10.1. The van der Waals surface area contributed by atoms with Crippen molar-refractivity contribution in [1.82, 2.24) is 9.88 Å². The first kappa shape index (κ1) is 21.8. The predicted octanol–water partition coefficient (Wildman–Crippen LogP) is 3.57. The van der Waals surface area contributed by atoms with Crippen LogP contribution in [0.25, 0.3) is 0 Å². The van der Waals surface area contributed by atoms with E-state index in [-0.39, 0.29) is 17.2 Å². The molecule has 1 amide bonds. The summed E-state index contributed by atoms with van der Waals surface area (Å²) in [7, 11) is 0. The van der Waals surface area contributed by atoms with E-state index in [0.717, 1.165) is 38.2 Å². The zero-order valence-electron chi connectivity index (χ0n) is 17.2. The summed E-state index contributed by atoms with van der Waals surface area (Å²) in [4.78, 5) is 33.3. The number of piperazine rings is 1. The zero-order valence-corrected chi connectivity index (χ0v) is 17.2. The second-order valence-corrected chi connectivity index (χ2v) is 7.84. The van der Waals surface area contributed by atoms with Gasteiger partial charge >= 0.3 is 6.18 Å². The maximum Gasteiger partial charge on any atom is 0.417 e. The second-order valence-electron chi connectivity index (χ2n) is 7.84. The van der Waals surface area contributed by atoms with Gasteiger partial charge in [0.05, 0.1) is 10.5 Å². The molecule has 1 aromatic heterocycles. The minimum atomic E-state index is -4.44. The standard InChI is InChI=1S/C21H22F3N5O3/c22-21(23,24)16-4-6-19(25-14-16)27-9-11-28(12-10-27)20(30)15-3-5-17(18(13-15)29(31)32)26-7-1-2-8-26/h3-6,13-14H,1-2,7-12H2. The zero-order chi connectivity index (χ0) is 22.9. The first-order chi connectivity index (χ1) is 15.2. The van der Waals surface area contributed by atoms with E-state index < -0.39 is 16.7 Å². The van der Waals surface area contributed by atoms with E-state index in [1.165, 1.54) is 12.1 Å². The normalized spacial score (nSPS) is 17.0. The van der Waals surface area contributed by atoms with Gasteiger partial charge in [-0.15, -0.1) is 0 Å². The molecule has 0 bridgehead atoms. The number of aromatic nitrogens is 1. The quantitative estimate of drug-likeness (QED) is 0.524. The molecule has 0 aliphatic carbocycles. The highest BCUT2D eigenvalue weighted by molar-refractivity contribution is 5.96. The Morgan fingerprint density at radius 1 is 0.969 bits per heavy atom. The summed E-state index contributed by atoms with van der Waals surface area (Å²) >= 11 is 0. The number of rotatable bonds is 4. The molecule has 0 saturated carbocycles. The van der Waals surface area contributed by atoms with Gasteiger partial charge in [-0.05, 0) is 37.1 Å². The molecule has 0 N–H and O–H groups in total. The molecular formula is C21H22F3N5O3. The maximum absolute atomic E-state index is 12.9. The maximum atomic E-state index is 12.9. The Balaban J connectivity index is 1.43. The molecule has 0 radical (unpaired) electrons. The van der Waals surface area contributed by atoms with Gasteiger partial charge in [0.2, 0.25) is 0 Å². The fourth-order valence-electron chi connectivity index (χ4n) is 4.09. The second kappa shape index (κ2) is 8.64. The molecule has 1 aromatic carbocycles. The van der Waals surface area contributed by atoms with Crippen molar-refractivity contribution < 1.29 is 22.9 Å². The fourth-order valence-corrected chi connectivity index (χ4v) is 4.09. The van der Waals surface area contributed by atoms with E-state index in [1.807, 2.05) is 9.80 Å². The fraction of sp³-hybridized carbons (Fsp3) is 0.429.